The standard InChI is InChI=1S/C14H19FO2/c1-4-10(5-2)13(16)14(17)11-6-7-12(15)9(3)8-11/h6-8,10,13,16H,4-5H2,1-3H3. The molecular formula is C14H19FO2. The van der Waals surface area contributed by atoms with E-state index in [1.807, 2.05) is 13.8 Å². The Kier molecular flexibility index (Phi) is 4.82. The number of aryl methyl sites for hydroxylation is 1. The van der Waals surface area contributed by atoms with Crippen LogP contribution in [0, 0.1) is 18.7 Å². The maximum absolute atomic E-state index is 13.1. The molecule has 0 bridgehead atoms. The molecule has 1 aromatic rings. The lowest BCUT2D eigenvalue weighted by Crippen LogP contribution is -2.29. The molecule has 1 atom stereocenters. The van der Waals surface area contributed by atoms with Crippen LogP contribution >= 0.6 is 0 Å². The van der Waals surface area contributed by atoms with Gasteiger partial charge in [-0.1, -0.05) is 26.7 Å². The van der Waals surface area contributed by atoms with Gasteiger partial charge in [0.2, 0.25) is 0 Å². The third-order valence-corrected chi connectivity index (χ3v) is 3.21. The van der Waals surface area contributed by atoms with Crippen LogP contribution in [0.4, 0.5) is 4.39 Å². The van der Waals surface area contributed by atoms with E-state index < -0.39 is 6.10 Å². The van der Waals surface area contributed by atoms with Crippen molar-refractivity contribution in [3.63, 3.8) is 0 Å². The van der Waals surface area contributed by atoms with E-state index >= 15 is 0 Å². The number of carbonyl (C=O) groups excluding carboxylic acids is 1. The molecule has 0 spiro atoms. The summed E-state index contributed by atoms with van der Waals surface area (Å²) >= 11 is 0. The molecule has 0 aromatic heterocycles. The number of hydrogen-bond acceptors (Lipinski definition) is 2. The molecule has 3 heteroatoms. The average molecular weight is 238 g/mol. The molecule has 0 saturated carbocycles. The van der Waals surface area contributed by atoms with Gasteiger partial charge in [0.15, 0.2) is 5.78 Å². The van der Waals surface area contributed by atoms with E-state index in [4.69, 9.17) is 0 Å². The second-order valence-corrected chi connectivity index (χ2v) is 4.35. The molecule has 0 fully saturated rings. The predicted molar refractivity (Wildman–Crippen MR) is 65.5 cm³/mol. The highest BCUT2D eigenvalue weighted by molar-refractivity contribution is 5.99. The third kappa shape index (κ3) is 3.13. The average Bonchev–Trinajstić information content (AvgIpc) is 2.33. The Morgan fingerprint density at radius 3 is 2.41 bits per heavy atom. The number of carbonyl (C=O) groups is 1. The zero-order valence-corrected chi connectivity index (χ0v) is 10.5. The van der Waals surface area contributed by atoms with Crippen LogP contribution < -0.4 is 0 Å². The van der Waals surface area contributed by atoms with Crippen LogP contribution in [0.25, 0.3) is 0 Å². The van der Waals surface area contributed by atoms with E-state index in [0.29, 0.717) is 11.1 Å². The molecule has 17 heavy (non-hydrogen) atoms. The fraction of sp³-hybridized carbons (Fsp3) is 0.500. The van der Waals surface area contributed by atoms with Crippen LogP contribution in [-0.2, 0) is 0 Å². The quantitative estimate of drug-likeness (QED) is 0.800. The van der Waals surface area contributed by atoms with Crippen molar-refractivity contribution < 1.29 is 14.3 Å². The minimum atomic E-state index is -0.991. The van der Waals surface area contributed by atoms with Crippen molar-refractivity contribution >= 4 is 5.78 Å². The normalized spacial score (nSPS) is 12.8. The lowest BCUT2D eigenvalue weighted by Gasteiger charge is -2.19. The lowest BCUT2D eigenvalue weighted by molar-refractivity contribution is 0.0588. The van der Waals surface area contributed by atoms with Crippen LogP contribution in [0.3, 0.4) is 0 Å². The first-order valence-electron chi connectivity index (χ1n) is 5.99. The van der Waals surface area contributed by atoms with Gasteiger partial charge in [0.25, 0.3) is 0 Å². The van der Waals surface area contributed by atoms with Crippen molar-refractivity contribution in [1.29, 1.82) is 0 Å². The summed E-state index contributed by atoms with van der Waals surface area (Å²) in [6, 6.07) is 4.18. The fourth-order valence-electron chi connectivity index (χ4n) is 1.92. The molecule has 0 amide bonds. The number of aliphatic hydroxyl groups is 1. The Balaban J connectivity index is 2.92. The molecule has 0 aliphatic carbocycles. The fourth-order valence-corrected chi connectivity index (χ4v) is 1.92. The summed E-state index contributed by atoms with van der Waals surface area (Å²) in [5.74, 6) is -0.687. The summed E-state index contributed by atoms with van der Waals surface area (Å²) in [5.41, 5.74) is 0.802. The highest BCUT2D eigenvalue weighted by Gasteiger charge is 2.24. The molecule has 1 aromatic carbocycles. The Bertz CT molecular complexity index is 397. The van der Waals surface area contributed by atoms with Crippen molar-refractivity contribution in [2.75, 3.05) is 0 Å². The van der Waals surface area contributed by atoms with E-state index in [-0.39, 0.29) is 17.5 Å². The van der Waals surface area contributed by atoms with Crippen molar-refractivity contribution in [2.24, 2.45) is 5.92 Å². The summed E-state index contributed by atoms with van der Waals surface area (Å²) in [6.07, 6.45) is 0.516. The summed E-state index contributed by atoms with van der Waals surface area (Å²) in [5, 5.41) is 9.95. The van der Waals surface area contributed by atoms with Crippen molar-refractivity contribution in [3.05, 3.63) is 35.1 Å². The third-order valence-electron chi connectivity index (χ3n) is 3.21. The van der Waals surface area contributed by atoms with E-state index in [2.05, 4.69) is 0 Å². The van der Waals surface area contributed by atoms with Gasteiger partial charge in [-0.05, 0) is 36.6 Å². The molecule has 0 saturated heterocycles. The maximum atomic E-state index is 13.1. The van der Waals surface area contributed by atoms with Crippen LogP contribution in [0.5, 0.6) is 0 Å². The van der Waals surface area contributed by atoms with Crippen molar-refractivity contribution in [1.82, 2.24) is 0 Å². The topological polar surface area (TPSA) is 37.3 Å². The van der Waals surface area contributed by atoms with Crippen molar-refractivity contribution in [2.45, 2.75) is 39.7 Å². The van der Waals surface area contributed by atoms with E-state index in [1.54, 1.807) is 6.92 Å². The number of hydrogen-bond donors (Lipinski definition) is 1. The molecule has 1 rings (SSSR count). The number of rotatable bonds is 5. The van der Waals surface area contributed by atoms with Gasteiger partial charge >= 0.3 is 0 Å². The molecule has 0 heterocycles. The number of Topliss-reactive ketones (excluding diaryl/α,β-unsaturated/α-hetero) is 1. The Hall–Kier alpha value is -1.22. The summed E-state index contributed by atoms with van der Waals surface area (Å²) in [7, 11) is 0. The van der Waals surface area contributed by atoms with E-state index in [1.165, 1.54) is 18.2 Å². The molecule has 1 N–H and O–H groups in total. The molecule has 0 aliphatic heterocycles. The number of ketones is 1. The highest BCUT2D eigenvalue weighted by Crippen LogP contribution is 2.18. The first-order chi connectivity index (χ1) is 8.01. The second-order valence-electron chi connectivity index (χ2n) is 4.35. The van der Waals surface area contributed by atoms with Crippen LogP contribution in [0.2, 0.25) is 0 Å². The van der Waals surface area contributed by atoms with E-state index in [0.717, 1.165) is 12.8 Å². The van der Waals surface area contributed by atoms with Gasteiger partial charge in [0, 0.05) is 5.56 Å². The predicted octanol–water partition coefficient (Wildman–Crippen LogP) is 3.11. The van der Waals surface area contributed by atoms with Gasteiger partial charge in [-0.2, -0.15) is 0 Å². The van der Waals surface area contributed by atoms with Crippen LogP contribution in [0.15, 0.2) is 18.2 Å². The molecule has 2 nitrogen and oxygen atoms in total. The molecule has 0 aliphatic rings. The van der Waals surface area contributed by atoms with Gasteiger partial charge in [0.05, 0.1) is 0 Å². The van der Waals surface area contributed by atoms with Gasteiger partial charge < -0.3 is 5.11 Å². The molecule has 94 valence electrons. The number of benzene rings is 1. The minimum absolute atomic E-state index is 0.0344. The highest BCUT2D eigenvalue weighted by atomic mass is 19.1. The van der Waals surface area contributed by atoms with E-state index in [9.17, 15) is 14.3 Å². The number of halogens is 1. The van der Waals surface area contributed by atoms with Gasteiger partial charge in [0.1, 0.15) is 11.9 Å². The summed E-state index contributed by atoms with van der Waals surface area (Å²) in [6.45, 7) is 5.50. The molecular weight excluding hydrogens is 219 g/mol. The minimum Gasteiger partial charge on any atom is -0.385 e. The van der Waals surface area contributed by atoms with Gasteiger partial charge in [-0.25, -0.2) is 4.39 Å². The molecule has 1 unspecified atom stereocenters. The van der Waals surface area contributed by atoms with Crippen LogP contribution in [-0.4, -0.2) is 17.0 Å². The zero-order chi connectivity index (χ0) is 13.0. The lowest BCUT2D eigenvalue weighted by atomic mass is 9.90. The Morgan fingerprint density at radius 1 is 1.35 bits per heavy atom. The summed E-state index contributed by atoms with van der Waals surface area (Å²) < 4.78 is 13.1. The Morgan fingerprint density at radius 2 is 1.94 bits per heavy atom. The zero-order valence-electron chi connectivity index (χ0n) is 10.5. The van der Waals surface area contributed by atoms with Crippen LogP contribution in [0.1, 0.15) is 42.6 Å². The first kappa shape index (κ1) is 13.8. The SMILES string of the molecule is CCC(CC)C(O)C(=O)c1ccc(F)c(C)c1. The largest absolute Gasteiger partial charge is 0.385 e. The second kappa shape index (κ2) is 5.92. The summed E-state index contributed by atoms with van der Waals surface area (Å²) in [4.78, 5) is 12.0. The monoisotopic (exact) mass is 238 g/mol. The van der Waals surface area contributed by atoms with Crippen molar-refractivity contribution in [3.8, 4) is 0 Å². The first-order valence-corrected chi connectivity index (χ1v) is 5.99. The Labute approximate surface area is 101 Å². The number of aliphatic hydroxyl groups excluding tert-OH is 1. The molecule has 0 radical (unpaired) electrons. The maximum Gasteiger partial charge on any atom is 0.191 e. The smallest absolute Gasteiger partial charge is 0.191 e. The van der Waals surface area contributed by atoms with Gasteiger partial charge in [-0.15, -0.1) is 0 Å². The van der Waals surface area contributed by atoms with Gasteiger partial charge in [-0.3, -0.25) is 4.79 Å².